The summed E-state index contributed by atoms with van der Waals surface area (Å²) in [6.07, 6.45) is -2.92. The minimum absolute atomic E-state index is 0.107. The maximum Gasteiger partial charge on any atom is 0.416 e. The van der Waals surface area contributed by atoms with Gasteiger partial charge in [0.2, 0.25) is 0 Å². The summed E-state index contributed by atoms with van der Waals surface area (Å²) in [4.78, 5) is 0. The molecule has 1 heterocycles. The third-order valence-corrected chi connectivity index (χ3v) is 2.51. The van der Waals surface area contributed by atoms with Gasteiger partial charge in [-0.15, -0.1) is 0 Å². The lowest BCUT2D eigenvalue weighted by Crippen LogP contribution is -2.07. The second kappa shape index (κ2) is 4.95. The van der Waals surface area contributed by atoms with Gasteiger partial charge in [-0.2, -0.15) is 23.4 Å². The Hall–Kier alpha value is -1.98. The second-order valence-corrected chi connectivity index (χ2v) is 4.25. The van der Waals surface area contributed by atoms with Crippen molar-refractivity contribution in [1.82, 2.24) is 10.2 Å². The molecule has 1 aromatic carbocycles. The molecular weight excluding hydrogens is 260 g/mol. The van der Waals surface area contributed by atoms with Gasteiger partial charge in [-0.3, -0.25) is 0 Å². The van der Waals surface area contributed by atoms with Crippen molar-refractivity contribution in [3.05, 3.63) is 58.7 Å². The normalized spacial score (nSPS) is 11.6. The topological polar surface area (TPSA) is 25.8 Å². The zero-order valence-corrected chi connectivity index (χ0v) is 10.0. The SMILES string of the molecule is Cc1cnnc(Cc2cc(F)cc(C(F)(F)F)c2)c1. The number of hydrogen-bond donors (Lipinski definition) is 0. The molecule has 0 saturated carbocycles. The molecule has 0 radical (unpaired) electrons. The molecule has 2 nitrogen and oxygen atoms in total. The number of aromatic nitrogens is 2. The second-order valence-electron chi connectivity index (χ2n) is 4.25. The molecule has 2 aromatic rings. The maximum atomic E-state index is 13.2. The molecule has 0 aliphatic rings. The molecule has 1 aromatic heterocycles. The quantitative estimate of drug-likeness (QED) is 0.780. The molecule has 0 saturated heterocycles. The van der Waals surface area contributed by atoms with Crippen LogP contribution in [0.4, 0.5) is 17.6 Å². The van der Waals surface area contributed by atoms with Crippen LogP contribution in [0.3, 0.4) is 0 Å². The molecule has 2 rings (SSSR count). The van der Waals surface area contributed by atoms with E-state index in [2.05, 4.69) is 10.2 Å². The van der Waals surface area contributed by atoms with Crippen LogP contribution in [-0.4, -0.2) is 10.2 Å². The summed E-state index contributed by atoms with van der Waals surface area (Å²) >= 11 is 0. The number of nitrogens with zero attached hydrogens (tertiary/aromatic N) is 2. The van der Waals surface area contributed by atoms with Crippen molar-refractivity contribution in [2.75, 3.05) is 0 Å². The molecule has 0 N–H and O–H groups in total. The van der Waals surface area contributed by atoms with Crippen LogP contribution >= 0.6 is 0 Å². The first kappa shape index (κ1) is 13.5. The van der Waals surface area contributed by atoms with Gasteiger partial charge in [0.1, 0.15) is 5.82 Å². The molecule has 0 amide bonds. The molecule has 0 bridgehead atoms. The van der Waals surface area contributed by atoms with Crippen molar-refractivity contribution in [3.63, 3.8) is 0 Å². The van der Waals surface area contributed by atoms with E-state index in [0.29, 0.717) is 11.8 Å². The van der Waals surface area contributed by atoms with Gasteiger partial charge in [0.25, 0.3) is 0 Å². The summed E-state index contributed by atoms with van der Waals surface area (Å²) in [5.41, 5.74) is 0.562. The van der Waals surface area contributed by atoms with Crippen LogP contribution in [0.5, 0.6) is 0 Å². The number of rotatable bonds is 2. The van der Waals surface area contributed by atoms with Gasteiger partial charge < -0.3 is 0 Å². The van der Waals surface area contributed by atoms with Crippen LogP contribution in [0.15, 0.2) is 30.5 Å². The fourth-order valence-electron chi connectivity index (χ4n) is 1.73. The van der Waals surface area contributed by atoms with Gasteiger partial charge in [0.15, 0.2) is 0 Å². The molecule has 100 valence electrons. The molecule has 0 aliphatic carbocycles. The Morgan fingerprint density at radius 3 is 2.47 bits per heavy atom. The monoisotopic (exact) mass is 270 g/mol. The number of benzene rings is 1. The smallest absolute Gasteiger partial charge is 0.207 e. The Kier molecular flexibility index (Phi) is 3.50. The summed E-state index contributed by atoms with van der Waals surface area (Å²) in [7, 11) is 0. The van der Waals surface area contributed by atoms with Crippen molar-refractivity contribution >= 4 is 0 Å². The van der Waals surface area contributed by atoms with Crippen LogP contribution in [0.1, 0.15) is 22.4 Å². The molecule has 0 spiro atoms. The minimum Gasteiger partial charge on any atom is -0.207 e. The van der Waals surface area contributed by atoms with Gasteiger partial charge in [-0.1, -0.05) is 0 Å². The Morgan fingerprint density at radius 2 is 1.84 bits per heavy atom. The third kappa shape index (κ3) is 3.49. The Morgan fingerprint density at radius 1 is 1.11 bits per heavy atom. The first-order chi connectivity index (χ1) is 8.84. The van der Waals surface area contributed by atoms with Gasteiger partial charge in [-0.25, -0.2) is 4.39 Å². The molecule has 6 heteroatoms. The van der Waals surface area contributed by atoms with Crippen molar-refractivity contribution in [2.45, 2.75) is 19.5 Å². The highest BCUT2D eigenvalue weighted by Crippen LogP contribution is 2.30. The molecular formula is C13H10F4N2. The van der Waals surface area contributed by atoms with E-state index in [-0.39, 0.29) is 12.0 Å². The van der Waals surface area contributed by atoms with Gasteiger partial charge in [0.05, 0.1) is 17.5 Å². The van der Waals surface area contributed by atoms with E-state index in [9.17, 15) is 17.6 Å². The summed E-state index contributed by atoms with van der Waals surface area (Å²) in [6, 6.07) is 4.17. The summed E-state index contributed by atoms with van der Waals surface area (Å²) in [5, 5.41) is 7.51. The first-order valence-corrected chi connectivity index (χ1v) is 5.49. The van der Waals surface area contributed by atoms with E-state index in [0.717, 1.165) is 17.7 Å². The highest BCUT2D eigenvalue weighted by atomic mass is 19.4. The number of halogens is 4. The number of aryl methyl sites for hydroxylation is 1. The van der Waals surface area contributed by atoms with Crippen LogP contribution in [-0.2, 0) is 12.6 Å². The highest BCUT2D eigenvalue weighted by molar-refractivity contribution is 5.30. The van der Waals surface area contributed by atoms with Gasteiger partial charge >= 0.3 is 6.18 Å². The largest absolute Gasteiger partial charge is 0.416 e. The van der Waals surface area contributed by atoms with Crippen LogP contribution < -0.4 is 0 Å². The van der Waals surface area contributed by atoms with E-state index >= 15 is 0 Å². The van der Waals surface area contributed by atoms with Crippen molar-refractivity contribution < 1.29 is 17.6 Å². The predicted molar refractivity (Wildman–Crippen MR) is 61.0 cm³/mol. The highest BCUT2D eigenvalue weighted by Gasteiger charge is 2.31. The minimum atomic E-state index is -4.56. The zero-order chi connectivity index (χ0) is 14.0. The molecule has 0 fully saturated rings. The number of hydrogen-bond acceptors (Lipinski definition) is 2. The Labute approximate surface area is 107 Å². The van der Waals surface area contributed by atoms with Gasteiger partial charge in [-0.05, 0) is 42.3 Å². The molecule has 0 aliphatic heterocycles. The van der Waals surface area contributed by atoms with E-state index in [1.54, 1.807) is 13.0 Å². The van der Waals surface area contributed by atoms with E-state index in [4.69, 9.17) is 0 Å². The summed E-state index contributed by atoms with van der Waals surface area (Å²) in [6.45, 7) is 1.80. The lowest BCUT2D eigenvalue weighted by molar-refractivity contribution is -0.137. The zero-order valence-electron chi connectivity index (χ0n) is 10.0. The average Bonchev–Trinajstić information content (AvgIpc) is 2.26. The molecule has 19 heavy (non-hydrogen) atoms. The van der Waals surface area contributed by atoms with E-state index in [1.807, 2.05) is 0 Å². The first-order valence-electron chi connectivity index (χ1n) is 5.49. The van der Waals surface area contributed by atoms with Crippen molar-refractivity contribution in [1.29, 1.82) is 0 Å². The third-order valence-electron chi connectivity index (χ3n) is 2.51. The predicted octanol–water partition coefficient (Wildman–Crippen LogP) is 3.53. The van der Waals surface area contributed by atoms with Crippen molar-refractivity contribution in [3.8, 4) is 0 Å². The maximum absolute atomic E-state index is 13.2. The van der Waals surface area contributed by atoms with Gasteiger partial charge in [0, 0.05) is 6.42 Å². The van der Waals surface area contributed by atoms with E-state index < -0.39 is 17.6 Å². The lowest BCUT2D eigenvalue weighted by Gasteiger charge is -2.09. The number of alkyl halides is 3. The van der Waals surface area contributed by atoms with E-state index in [1.165, 1.54) is 6.20 Å². The summed E-state index contributed by atoms with van der Waals surface area (Å²) in [5.74, 6) is -0.912. The Bertz CT molecular complexity index is 593. The fraction of sp³-hybridized carbons (Fsp3) is 0.231. The fourth-order valence-corrected chi connectivity index (χ4v) is 1.73. The van der Waals surface area contributed by atoms with Crippen molar-refractivity contribution in [2.24, 2.45) is 0 Å². The van der Waals surface area contributed by atoms with Crippen LogP contribution in [0, 0.1) is 12.7 Å². The summed E-state index contributed by atoms with van der Waals surface area (Å²) < 4.78 is 50.9. The molecule has 0 unspecified atom stereocenters. The molecule has 0 atom stereocenters. The standard InChI is InChI=1S/C13H10F4N2/c1-8-2-12(19-18-7-8)5-9-3-10(13(15,16)17)6-11(14)4-9/h2-4,6-7H,5H2,1H3. The lowest BCUT2D eigenvalue weighted by atomic mass is 10.0. The average molecular weight is 270 g/mol. The Balaban J connectivity index is 2.33. The van der Waals surface area contributed by atoms with Crippen LogP contribution in [0.2, 0.25) is 0 Å². The van der Waals surface area contributed by atoms with Crippen LogP contribution in [0.25, 0.3) is 0 Å².